The molecule has 0 aliphatic rings. The lowest BCUT2D eigenvalue weighted by molar-refractivity contribution is 1.12. The molecule has 0 fully saturated rings. The Morgan fingerprint density at radius 1 is 0.535 bits per heavy atom. The van der Waals surface area contributed by atoms with E-state index in [0.29, 0.717) is 0 Å². The number of fused-ring (bicyclic) bond motifs is 6. The van der Waals surface area contributed by atoms with Gasteiger partial charge in [0.1, 0.15) is 0 Å². The van der Waals surface area contributed by atoms with Gasteiger partial charge in [-0.3, -0.25) is 0 Å². The third kappa shape index (κ3) is 4.41. The number of aryl methyl sites for hydroxylation is 1. The monoisotopic (exact) mass is 568 g/mol. The smallest absolute Gasteiger partial charge is 0.156 e. The summed E-state index contributed by atoms with van der Waals surface area (Å²) >= 11 is 1.84. The second kappa shape index (κ2) is 10.3. The van der Waals surface area contributed by atoms with E-state index in [1.165, 1.54) is 52.8 Å². The fourth-order valence-corrected chi connectivity index (χ4v) is 7.31. The minimum atomic E-state index is 0.739. The Morgan fingerprint density at radius 3 is 1.88 bits per heavy atom. The zero-order chi connectivity index (χ0) is 28.9. The van der Waals surface area contributed by atoms with Gasteiger partial charge in [-0.1, -0.05) is 103 Å². The number of allylic oxidation sites excluding steroid dienone is 1. The molecule has 0 atom stereocenters. The number of hydrogen-bond acceptors (Lipinski definition) is 3. The summed E-state index contributed by atoms with van der Waals surface area (Å²) in [4.78, 5) is 10.3. The minimum absolute atomic E-state index is 0.739. The van der Waals surface area contributed by atoms with Crippen molar-refractivity contribution in [1.82, 2.24) is 9.97 Å². The third-order valence-corrected chi connectivity index (χ3v) is 9.58. The molecule has 204 valence electrons. The highest BCUT2D eigenvalue weighted by Crippen LogP contribution is 2.38. The average Bonchev–Trinajstić information content (AvgIpc) is 3.45. The van der Waals surface area contributed by atoms with Crippen LogP contribution < -0.4 is 0 Å². The Kier molecular flexibility index (Phi) is 6.13. The fourth-order valence-electron chi connectivity index (χ4n) is 6.23. The molecule has 0 aliphatic carbocycles. The van der Waals surface area contributed by atoms with E-state index < -0.39 is 0 Å². The maximum atomic E-state index is 5.19. The topological polar surface area (TPSA) is 25.8 Å². The van der Waals surface area contributed by atoms with Crippen LogP contribution in [0.1, 0.15) is 23.9 Å². The first kappa shape index (κ1) is 25.6. The Hall–Kier alpha value is -5.12. The molecule has 0 radical (unpaired) electrons. The van der Waals surface area contributed by atoms with Crippen LogP contribution >= 0.6 is 11.3 Å². The highest BCUT2D eigenvalue weighted by Gasteiger charge is 2.14. The third-order valence-electron chi connectivity index (χ3n) is 8.42. The van der Waals surface area contributed by atoms with Gasteiger partial charge in [-0.05, 0) is 82.4 Å². The summed E-state index contributed by atoms with van der Waals surface area (Å²) in [6.45, 7) is 4.35. The van der Waals surface area contributed by atoms with E-state index in [1.807, 2.05) is 17.4 Å². The zero-order valence-electron chi connectivity index (χ0n) is 24.0. The fraction of sp³-hybridized carbons (Fsp3) is 0.0500. The molecule has 0 N–H and O–H groups in total. The number of thiophene rings is 1. The number of aromatic nitrogens is 2. The molecule has 43 heavy (non-hydrogen) atoms. The summed E-state index contributed by atoms with van der Waals surface area (Å²) in [5.74, 6) is 0.739. The summed E-state index contributed by atoms with van der Waals surface area (Å²) in [6.07, 6.45) is 2.27. The second-order valence-corrected chi connectivity index (χ2v) is 12.2. The van der Waals surface area contributed by atoms with Crippen molar-refractivity contribution in [2.75, 3.05) is 0 Å². The van der Waals surface area contributed by atoms with Crippen molar-refractivity contribution in [3.63, 3.8) is 0 Å². The standard InChI is InChI=1S/C40H28N2S/c1-25(22-34-26(2)29-14-6-7-15-30(29)31-16-8-9-17-32(31)34)40-41-36(27-12-4-3-5-13-27)24-37(42-40)28-20-21-39-35(23-28)33-18-10-11-19-38(33)43-39/h3-24H,1-2H3/b25-22+. The Bertz CT molecular complexity index is 2360. The van der Waals surface area contributed by atoms with E-state index >= 15 is 0 Å². The molecule has 0 saturated carbocycles. The number of rotatable bonds is 4. The van der Waals surface area contributed by atoms with Crippen molar-refractivity contribution in [2.45, 2.75) is 13.8 Å². The minimum Gasteiger partial charge on any atom is -0.228 e. The van der Waals surface area contributed by atoms with E-state index in [4.69, 9.17) is 9.97 Å². The second-order valence-electron chi connectivity index (χ2n) is 11.1. The van der Waals surface area contributed by atoms with Crippen LogP contribution in [0.4, 0.5) is 0 Å². The van der Waals surface area contributed by atoms with E-state index in [2.05, 4.69) is 141 Å². The Morgan fingerprint density at radius 2 is 1.12 bits per heavy atom. The average molecular weight is 569 g/mol. The molecule has 8 rings (SSSR count). The summed E-state index contributed by atoms with van der Waals surface area (Å²) in [5.41, 5.74) is 7.53. The lowest BCUT2D eigenvalue weighted by Gasteiger charge is -2.14. The van der Waals surface area contributed by atoms with Gasteiger partial charge >= 0.3 is 0 Å². The molecular weight excluding hydrogens is 541 g/mol. The molecule has 2 heterocycles. The van der Waals surface area contributed by atoms with Crippen LogP contribution in [0.2, 0.25) is 0 Å². The van der Waals surface area contributed by atoms with E-state index in [9.17, 15) is 0 Å². The maximum absolute atomic E-state index is 5.19. The maximum Gasteiger partial charge on any atom is 0.156 e. The first-order valence-corrected chi connectivity index (χ1v) is 15.4. The van der Waals surface area contributed by atoms with Gasteiger partial charge in [-0.2, -0.15) is 0 Å². The van der Waals surface area contributed by atoms with Crippen molar-refractivity contribution in [3.8, 4) is 22.5 Å². The zero-order valence-corrected chi connectivity index (χ0v) is 24.8. The molecule has 0 unspecified atom stereocenters. The van der Waals surface area contributed by atoms with Gasteiger partial charge < -0.3 is 0 Å². The van der Waals surface area contributed by atoms with Crippen LogP contribution in [-0.4, -0.2) is 9.97 Å². The van der Waals surface area contributed by atoms with Crippen LogP contribution in [0.3, 0.4) is 0 Å². The lowest BCUT2D eigenvalue weighted by Crippen LogP contribution is -1.98. The van der Waals surface area contributed by atoms with Crippen LogP contribution in [0.25, 0.3) is 75.9 Å². The molecule has 0 amide bonds. The van der Waals surface area contributed by atoms with Crippen LogP contribution in [0.15, 0.2) is 127 Å². The lowest BCUT2D eigenvalue weighted by atomic mass is 9.91. The van der Waals surface area contributed by atoms with Gasteiger partial charge in [-0.15, -0.1) is 11.3 Å². The van der Waals surface area contributed by atoms with Gasteiger partial charge in [0, 0.05) is 31.3 Å². The normalized spacial score (nSPS) is 12.1. The van der Waals surface area contributed by atoms with E-state index in [-0.39, 0.29) is 0 Å². The van der Waals surface area contributed by atoms with Crippen LogP contribution in [0.5, 0.6) is 0 Å². The van der Waals surface area contributed by atoms with Crippen molar-refractivity contribution in [3.05, 3.63) is 144 Å². The molecule has 2 aromatic heterocycles. The van der Waals surface area contributed by atoms with Gasteiger partial charge in [0.25, 0.3) is 0 Å². The van der Waals surface area contributed by atoms with Crippen molar-refractivity contribution in [1.29, 1.82) is 0 Å². The molecule has 2 nitrogen and oxygen atoms in total. The molecule has 0 aliphatic heterocycles. The first-order valence-electron chi connectivity index (χ1n) is 14.6. The van der Waals surface area contributed by atoms with Gasteiger partial charge in [0.05, 0.1) is 11.4 Å². The highest BCUT2D eigenvalue weighted by molar-refractivity contribution is 7.25. The van der Waals surface area contributed by atoms with E-state index in [1.54, 1.807) is 0 Å². The summed E-state index contributed by atoms with van der Waals surface area (Å²) in [7, 11) is 0. The van der Waals surface area contributed by atoms with Crippen LogP contribution in [0, 0.1) is 6.92 Å². The van der Waals surface area contributed by atoms with E-state index in [0.717, 1.165) is 33.9 Å². The molecule has 0 spiro atoms. The van der Waals surface area contributed by atoms with Crippen LogP contribution in [-0.2, 0) is 0 Å². The Balaban J connectivity index is 1.34. The summed E-state index contributed by atoms with van der Waals surface area (Å²) < 4.78 is 2.59. The molecule has 6 aromatic carbocycles. The number of hydrogen-bond donors (Lipinski definition) is 0. The predicted octanol–water partition coefficient (Wildman–Crippen LogP) is 11.4. The highest BCUT2D eigenvalue weighted by atomic mass is 32.1. The Labute approximate surface area is 254 Å². The summed E-state index contributed by atoms with van der Waals surface area (Å²) in [5, 5.41) is 7.62. The summed E-state index contributed by atoms with van der Waals surface area (Å²) in [6, 6.07) is 45.2. The van der Waals surface area contributed by atoms with Gasteiger partial charge in [0.15, 0.2) is 5.82 Å². The molecule has 0 bridgehead atoms. The van der Waals surface area contributed by atoms with Crippen molar-refractivity contribution < 1.29 is 0 Å². The first-order chi connectivity index (χ1) is 21.1. The van der Waals surface area contributed by atoms with Crippen molar-refractivity contribution in [2.24, 2.45) is 0 Å². The molecule has 8 aromatic rings. The SMILES string of the molecule is C/C(=C\c1c(C)c2ccccc2c2ccccc12)c1nc(-c2ccccc2)cc(-c2ccc3sc4ccccc4c3c2)n1. The molecule has 3 heteroatoms. The quantitative estimate of drug-likeness (QED) is 0.197. The molecule has 0 saturated heterocycles. The predicted molar refractivity (Wildman–Crippen MR) is 186 cm³/mol. The van der Waals surface area contributed by atoms with Crippen molar-refractivity contribution >= 4 is 64.7 Å². The molecular formula is C40H28N2S. The largest absolute Gasteiger partial charge is 0.228 e. The number of benzene rings is 6. The number of nitrogens with zero attached hydrogens (tertiary/aromatic N) is 2. The van der Waals surface area contributed by atoms with Gasteiger partial charge in [0.2, 0.25) is 0 Å². The van der Waals surface area contributed by atoms with Gasteiger partial charge in [-0.25, -0.2) is 9.97 Å².